The van der Waals surface area contributed by atoms with Crippen LogP contribution in [0, 0.1) is 13.8 Å². The SMILES string of the molecule is Cc1cc(NC(=O)c2cc(C)on2)n(-c2nc3ccc(C(C)(C)C)cc3s2)n1. The molecule has 1 aromatic carbocycles. The third-order valence-corrected chi connectivity index (χ3v) is 5.35. The minimum Gasteiger partial charge on any atom is -0.361 e. The number of carbonyl (C=O) groups excluding carboxylic acids is 1. The number of fused-ring (bicyclic) bond motifs is 1. The molecule has 144 valence electrons. The number of rotatable bonds is 3. The van der Waals surface area contributed by atoms with Crippen LogP contribution in [0.4, 0.5) is 5.82 Å². The third-order valence-electron chi connectivity index (χ3n) is 4.36. The van der Waals surface area contributed by atoms with E-state index in [0.717, 1.165) is 15.9 Å². The van der Waals surface area contributed by atoms with Gasteiger partial charge in [-0.2, -0.15) is 9.78 Å². The van der Waals surface area contributed by atoms with Crippen molar-refractivity contribution in [2.75, 3.05) is 5.32 Å². The summed E-state index contributed by atoms with van der Waals surface area (Å²) in [5, 5.41) is 11.8. The van der Waals surface area contributed by atoms with E-state index in [2.05, 4.69) is 48.5 Å². The molecule has 0 saturated carbocycles. The molecule has 4 aromatic rings. The van der Waals surface area contributed by atoms with Crippen LogP contribution in [0.5, 0.6) is 0 Å². The Balaban J connectivity index is 1.70. The maximum Gasteiger partial charge on any atom is 0.279 e. The Bertz CT molecular complexity index is 1180. The summed E-state index contributed by atoms with van der Waals surface area (Å²) >= 11 is 1.54. The first kappa shape index (κ1) is 18.4. The molecule has 0 spiro atoms. The van der Waals surface area contributed by atoms with E-state index in [1.54, 1.807) is 23.7 Å². The van der Waals surface area contributed by atoms with Crippen molar-refractivity contribution in [1.29, 1.82) is 0 Å². The highest BCUT2D eigenvalue weighted by molar-refractivity contribution is 7.20. The van der Waals surface area contributed by atoms with Crippen LogP contribution in [0.15, 0.2) is 34.9 Å². The summed E-state index contributed by atoms with van der Waals surface area (Å²) in [4.78, 5) is 17.2. The maximum absolute atomic E-state index is 12.5. The number of nitrogens with one attached hydrogen (secondary N) is 1. The Morgan fingerprint density at radius 2 is 1.96 bits per heavy atom. The van der Waals surface area contributed by atoms with Crippen LogP contribution < -0.4 is 5.32 Å². The Morgan fingerprint density at radius 1 is 1.18 bits per heavy atom. The minimum atomic E-state index is -0.353. The molecular weight excluding hydrogens is 374 g/mol. The number of benzene rings is 1. The van der Waals surface area contributed by atoms with Crippen molar-refractivity contribution in [2.45, 2.75) is 40.0 Å². The van der Waals surface area contributed by atoms with E-state index in [9.17, 15) is 4.79 Å². The van der Waals surface area contributed by atoms with Crippen LogP contribution in [0.2, 0.25) is 0 Å². The number of thiazole rings is 1. The largest absolute Gasteiger partial charge is 0.361 e. The van der Waals surface area contributed by atoms with Crippen molar-refractivity contribution in [3.63, 3.8) is 0 Å². The van der Waals surface area contributed by atoms with Crippen LogP contribution >= 0.6 is 11.3 Å². The first-order chi connectivity index (χ1) is 13.2. The first-order valence-electron chi connectivity index (χ1n) is 8.93. The smallest absolute Gasteiger partial charge is 0.279 e. The number of aryl methyl sites for hydroxylation is 2. The summed E-state index contributed by atoms with van der Waals surface area (Å²) < 4.78 is 7.72. The van der Waals surface area contributed by atoms with Crippen molar-refractivity contribution >= 4 is 33.3 Å². The van der Waals surface area contributed by atoms with E-state index in [-0.39, 0.29) is 17.0 Å². The number of hydrogen-bond donors (Lipinski definition) is 1. The van der Waals surface area contributed by atoms with Crippen molar-refractivity contribution in [1.82, 2.24) is 19.9 Å². The molecule has 0 fully saturated rings. The molecule has 0 atom stereocenters. The second-order valence-electron chi connectivity index (χ2n) is 7.79. The van der Waals surface area contributed by atoms with Gasteiger partial charge in [-0.3, -0.25) is 4.79 Å². The monoisotopic (exact) mass is 395 g/mol. The molecule has 0 radical (unpaired) electrons. The predicted molar refractivity (Wildman–Crippen MR) is 109 cm³/mol. The second-order valence-corrected chi connectivity index (χ2v) is 8.80. The van der Waals surface area contributed by atoms with Gasteiger partial charge in [-0.15, -0.1) is 0 Å². The van der Waals surface area contributed by atoms with Gasteiger partial charge in [0.25, 0.3) is 5.91 Å². The number of aromatic nitrogens is 4. The summed E-state index contributed by atoms with van der Waals surface area (Å²) in [7, 11) is 0. The van der Waals surface area contributed by atoms with Crippen molar-refractivity contribution in [2.24, 2.45) is 0 Å². The second kappa shape index (κ2) is 6.56. The fourth-order valence-electron chi connectivity index (χ4n) is 2.86. The van der Waals surface area contributed by atoms with Gasteiger partial charge in [-0.05, 0) is 37.0 Å². The van der Waals surface area contributed by atoms with E-state index in [1.807, 2.05) is 13.0 Å². The molecule has 1 N–H and O–H groups in total. The van der Waals surface area contributed by atoms with Gasteiger partial charge < -0.3 is 9.84 Å². The van der Waals surface area contributed by atoms with Crippen LogP contribution in [-0.2, 0) is 5.41 Å². The normalized spacial score (nSPS) is 11.9. The Hall–Kier alpha value is -3.00. The zero-order valence-electron chi connectivity index (χ0n) is 16.4. The van der Waals surface area contributed by atoms with Gasteiger partial charge in [0.05, 0.1) is 15.9 Å². The van der Waals surface area contributed by atoms with Gasteiger partial charge in [0.1, 0.15) is 11.6 Å². The highest BCUT2D eigenvalue weighted by Gasteiger charge is 2.19. The summed E-state index contributed by atoms with van der Waals surface area (Å²) in [5.74, 6) is 0.767. The van der Waals surface area contributed by atoms with Crippen LogP contribution in [0.3, 0.4) is 0 Å². The summed E-state index contributed by atoms with van der Waals surface area (Å²) in [6, 6.07) is 9.70. The maximum atomic E-state index is 12.5. The highest BCUT2D eigenvalue weighted by Crippen LogP contribution is 2.31. The topological polar surface area (TPSA) is 85.8 Å². The van der Waals surface area contributed by atoms with Gasteiger partial charge in [0.15, 0.2) is 5.69 Å². The number of carbonyl (C=O) groups is 1. The van der Waals surface area contributed by atoms with Crippen LogP contribution in [-0.4, -0.2) is 25.8 Å². The van der Waals surface area contributed by atoms with Crippen molar-refractivity contribution < 1.29 is 9.32 Å². The predicted octanol–water partition coefficient (Wildman–Crippen LogP) is 4.64. The fourth-order valence-corrected chi connectivity index (χ4v) is 3.83. The lowest BCUT2D eigenvalue weighted by Gasteiger charge is -2.18. The van der Waals surface area contributed by atoms with Gasteiger partial charge >= 0.3 is 0 Å². The van der Waals surface area contributed by atoms with Crippen LogP contribution in [0.1, 0.15) is 48.3 Å². The van der Waals surface area contributed by atoms with E-state index >= 15 is 0 Å². The van der Waals surface area contributed by atoms with Gasteiger partial charge in [-0.25, -0.2) is 4.98 Å². The summed E-state index contributed by atoms with van der Waals surface area (Å²) in [5.41, 5.74) is 3.23. The number of anilines is 1. The molecule has 28 heavy (non-hydrogen) atoms. The molecule has 0 bridgehead atoms. The molecule has 7 nitrogen and oxygen atoms in total. The van der Waals surface area contributed by atoms with Crippen molar-refractivity contribution in [3.05, 3.63) is 53.0 Å². The summed E-state index contributed by atoms with van der Waals surface area (Å²) in [6.07, 6.45) is 0. The van der Waals surface area contributed by atoms with E-state index in [4.69, 9.17) is 9.51 Å². The molecular formula is C20H21N5O2S. The molecule has 0 unspecified atom stereocenters. The van der Waals surface area contributed by atoms with E-state index in [1.165, 1.54) is 16.9 Å². The number of nitrogens with zero attached hydrogens (tertiary/aromatic N) is 4. The average Bonchev–Trinajstić information content (AvgIpc) is 3.31. The molecule has 3 heterocycles. The van der Waals surface area contributed by atoms with E-state index < -0.39 is 0 Å². The highest BCUT2D eigenvalue weighted by atomic mass is 32.1. The summed E-state index contributed by atoms with van der Waals surface area (Å²) in [6.45, 7) is 10.2. The molecule has 1 amide bonds. The minimum absolute atomic E-state index is 0.0650. The van der Waals surface area contributed by atoms with E-state index in [0.29, 0.717) is 16.7 Å². The Labute approximate surface area is 166 Å². The lowest BCUT2D eigenvalue weighted by molar-refractivity contribution is 0.101. The first-order valence-corrected chi connectivity index (χ1v) is 9.75. The molecule has 8 heteroatoms. The van der Waals surface area contributed by atoms with Crippen molar-refractivity contribution in [3.8, 4) is 5.13 Å². The Kier molecular flexibility index (Phi) is 4.30. The van der Waals surface area contributed by atoms with Gasteiger partial charge in [0.2, 0.25) is 5.13 Å². The standard InChI is InChI=1S/C20H21N5O2S/c1-11-8-17(22-18(26)15-9-12(2)27-24-15)25(23-11)19-21-14-7-6-13(20(3,4)5)10-16(14)28-19/h6-10H,1-5H3,(H,22,26). The lowest BCUT2D eigenvalue weighted by Crippen LogP contribution is -2.15. The zero-order valence-corrected chi connectivity index (χ0v) is 17.2. The fraction of sp³-hybridized carbons (Fsp3) is 0.300. The molecule has 0 aliphatic carbocycles. The van der Waals surface area contributed by atoms with Gasteiger partial charge in [-0.1, -0.05) is 43.3 Å². The van der Waals surface area contributed by atoms with Gasteiger partial charge in [0, 0.05) is 12.1 Å². The molecule has 0 aliphatic heterocycles. The zero-order chi connectivity index (χ0) is 20.1. The number of hydrogen-bond acceptors (Lipinski definition) is 6. The van der Waals surface area contributed by atoms with Crippen LogP contribution in [0.25, 0.3) is 15.3 Å². The Morgan fingerprint density at radius 3 is 2.64 bits per heavy atom. The molecule has 4 rings (SSSR count). The lowest BCUT2D eigenvalue weighted by atomic mass is 9.87. The quantitative estimate of drug-likeness (QED) is 0.546. The number of amides is 1. The molecule has 3 aromatic heterocycles. The molecule has 0 aliphatic rings. The average molecular weight is 395 g/mol. The molecule has 0 saturated heterocycles. The third kappa shape index (κ3) is 3.43.